The molecule has 1 atom stereocenters. The van der Waals surface area contributed by atoms with Crippen LogP contribution in [0.4, 0.5) is 5.82 Å². The summed E-state index contributed by atoms with van der Waals surface area (Å²) in [5.74, 6) is 1.36. The van der Waals surface area contributed by atoms with Crippen LogP contribution in [0.15, 0.2) is 24.4 Å². The minimum absolute atomic E-state index is 0.158. The summed E-state index contributed by atoms with van der Waals surface area (Å²) < 4.78 is 5.56. The van der Waals surface area contributed by atoms with Gasteiger partial charge in [0.1, 0.15) is 11.5 Å². The van der Waals surface area contributed by atoms with Crippen molar-refractivity contribution in [2.24, 2.45) is 0 Å². The highest BCUT2D eigenvalue weighted by Crippen LogP contribution is 2.38. The number of H-pyrrole nitrogens is 1. The first kappa shape index (κ1) is 16.1. The van der Waals surface area contributed by atoms with E-state index in [1.165, 1.54) is 12.8 Å². The van der Waals surface area contributed by atoms with Crippen LogP contribution in [0.2, 0.25) is 0 Å². The van der Waals surface area contributed by atoms with E-state index in [-0.39, 0.29) is 12.0 Å². The number of rotatable bonds is 5. The van der Waals surface area contributed by atoms with Crippen LogP contribution in [0.3, 0.4) is 0 Å². The summed E-state index contributed by atoms with van der Waals surface area (Å²) in [5.41, 5.74) is 2.49. The van der Waals surface area contributed by atoms with Crippen LogP contribution in [0.1, 0.15) is 47.4 Å². The molecule has 1 saturated carbocycles. The Morgan fingerprint density at radius 3 is 3.04 bits per heavy atom. The zero-order chi connectivity index (χ0) is 17.2. The molecule has 1 amide bonds. The Kier molecular flexibility index (Phi) is 4.40. The Hall–Kier alpha value is -2.41. The molecule has 2 aromatic heterocycles. The number of hydrogen-bond acceptors (Lipinski definition) is 5. The largest absolute Gasteiger partial charge is 0.375 e. The summed E-state index contributed by atoms with van der Waals surface area (Å²) in [6.45, 7) is 4.95. The number of ether oxygens (including phenoxy) is 1. The summed E-state index contributed by atoms with van der Waals surface area (Å²) in [7, 11) is 0. The molecule has 7 heteroatoms. The van der Waals surface area contributed by atoms with Gasteiger partial charge in [-0.1, -0.05) is 6.07 Å². The number of aromatic amines is 1. The zero-order valence-electron chi connectivity index (χ0n) is 14.4. The lowest BCUT2D eigenvalue weighted by atomic mass is 10.2. The van der Waals surface area contributed by atoms with Crippen molar-refractivity contribution in [3.8, 4) is 0 Å². The lowest BCUT2D eigenvalue weighted by molar-refractivity contribution is 0.0529. The van der Waals surface area contributed by atoms with Crippen molar-refractivity contribution < 1.29 is 9.53 Å². The Labute approximate surface area is 146 Å². The maximum absolute atomic E-state index is 12.2. The second-order valence-corrected chi connectivity index (χ2v) is 6.82. The van der Waals surface area contributed by atoms with Gasteiger partial charge in [0.25, 0.3) is 5.91 Å². The predicted octanol–water partition coefficient (Wildman–Crippen LogP) is 1.84. The number of pyridine rings is 1. The normalized spacial score (nSPS) is 20.5. The van der Waals surface area contributed by atoms with Crippen LogP contribution in [0, 0.1) is 0 Å². The van der Waals surface area contributed by atoms with Crippen LogP contribution in [0.25, 0.3) is 0 Å². The average Bonchev–Trinajstić information content (AvgIpc) is 3.37. The first-order chi connectivity index (χ1) is 12.2. The molecule has 0 aromatic carbocycles. The van der Waals surface area contributed by atoms with Crippen LogP contribution in [0.5, 0.6) is 0 Å². The van der Waals surface area contributed by atoms with Crippen molar-refractivity contribution in [2.45, 2.75) is 38.3 Å². The number of nitrogens with one attached hydrogen (secondary N) is 2. The van der Waals surface area contributed by atoms with Gasteiger partial charge in [0.05, 0.1) is 12.7 Å². The number of hydrogen-bond donors (Lipinski definition) is 2. The highest BCUT2D eigenvalue weighted by Gasteiger charge is 2.26. The van der Waals surface area contributed by atoms with Gasteiger partial charge < -0.3 is 15.0 Å². The Morgan fingerprint density at radius 2 is 2.32 bits per heavy atom. The van der Waals surface area contributed by atoms with E-state index in [1.54, 1.807) is 0 Å². The van der Waals surface area contributed by atoms with E-state index < -0.39 is 0 Å². The summed E-state index contributed by atoms with van der Waals surface area (Å²) in [4.78, 5) is 18.9. The minimum atomic E-state index is -0.158. The molecule has 1 saturated heterocycles. The number of anilines is 1. The summed E-state index contributed by atoms with van der Waals surface area (Å²) in [5, 5.41) is 9.95. The maximum Gasteiger partial charge on any atom is 0.272 e. The molecule has 2 aromatic rings. The van der Waals surface area contributed by atoms with Crippen molar-refractivity contribution in [1.82, 2.24) is 20.5 Å². The molecule has 2 fully saturated rings. The first-order valence-corrected chi connectivity index (χ1v) is 8.84. The lowest BCUT2D eigenvalue weighted by Gasteiger charge is -2.32. The molecule has 3 heterocycles. The number of morpholine rings is 1. The molecule has 2 aliphatic rings. The summed E-state index contributed by atoms with van der Waals surface area (Å²) >= 11 is 0. The molecule has 4 rings (SSSR count). The molecule has 132 valence electrons. The second-order valence-electron chi connectivity index (χ2n) is 6.82. The Balaban J connectivity index is 1.32. The van der Waals surface area contributed by atoms with Gasteiger partial charge in [0.2, 0.25) is 0 Å². The van der Waals surface area contributed by atoms with Crippen molar-refractivity contribution in [3.05, 3.63) is 41.3 Å². The number of nitrogens with zero attached hydrogens (tertiary/aromatic N) is 3. The Bertz CT molecular complexity index is 738. The highest BCUT2D eigenvalue weighted by molar-refractivity contribution is 5.92. The molecule has 1 aliphatic heterocycles. The number of aromatic nitrogens is 3. The fourth-order valence-electron chi connectivity index (χ4n) is 3.06. The van der Waals surface area contributed by atoms with Crippen molar-refractivity contribution in [3.63, 3.8) is 0 Å². The van der Waals surface area contributed by atoms with E-state index in [0.29, 0.717) is 18.2 Å². The van der Waals surface area contributed by atoms with Crippen molar-refractivity contribution >= 4 is 11.7 Å². The third-order valence-corrected chi connectivity index (χ3v) is 4.67. The van der Waals surface area contributed by atoms with Crippen LogP contribution in [-0.2, 0) is 11.3 Å². The molecular weight excluding hydrogens is 318 g/mol. The highest BCUT2D eigenvalue weighted by atomic mass is 16.5. The fourth-order valence-corrected chi connectivity index (χ4v) is 3.06. The van der Waals surface area contributed by atoms with Crippen LogP contribution >= 0.6 is 0 Å². The molecule has 1 aliphatic carbocycles. The molecule has 0 spiro atoms. The number of amides is 1. The van der Waals surface area contributed by atoms with Gasteiger partial charge >= 0.3 is 0 Å². The fraction of sp³-hybridized carbons (Fsp3) is 0.500. The third kappa shape index (κ3) is 3.82. The number of carbonyl (C=O) groups is 1. The van der Waals surface area contributed by atoms with Crippen LogP contribution < -0.4 is 10.2 Å². The minimum Gasteiger partial charge on any atom is -0.375 e. The van der Waals surface area contributed by atoms with E-state index >= 15 is 0 Å². The maximum atomic E-state index is 12.2. The quantitative estimate of drug-likeness (QED) is 0.867. The van der Waals surface area contributed by atoms with E-state index in [4.69, 9.17) is 4.74 Å². The van der Waals surface area contributed by atoms with Crippen LogP contribution in [-0.4, -0.2) is 46.9 Å². The van der Waals surface area contributed by atoms with Gasteiger partial charge in [0.15, 0.2) is 0 Å². The van der Waals surface area contributed by atoms with E-state index in [9.17, 15) is 4.79 Å². The van der Waals surface area contributed by atoms with Gasteiger partial charge in [-0.2, -0.15) is 5.10 Å². The zero-order valence-corrected chi connectivity index (χ0v) is 14.4. The van der Waals surface area contributed by atoms with Gasteiger partial charge in [0, 0.05) is 37.4 Å². The summed E-state index contributed by atoms with van der Waals surface area (Å²) in [6, 6.07) is 5.86. The van der Waals surface area contributed by atoms with Gasteiger partial charge in [-0.15, -0.1) is 0 Å². The molecule has 0 unspecified atom stereocenters. The molecular formula is C18H23N5O2. The Morgan fingerprint density at radius 1 is 1.44 bits per heavy atom. The van der Waals surface area contributed by atoms with Crippen molar-refractivity contribution in [1.29, 1.82) is 0 Å². The monoisotopic (exact) mass is 341 g/mol. The van der Waals surface area contributed by atoms with Gasteiger partial charge in [-0.3, -0.25) is 9.89 Å². The third-order valence-electron chi connectivity index (χ3n) is 4.67. The molecule has 7 nitrogen and oxygen atoms in total. The van der Waals surface area contributed by atoms with E-state index in [0.717, 1.165) is 36.8 Å². The molecule has 0 radical (unpaired) electrons. The molecule has 2 N–H and O–H groups in total. The van der Waals surface area contributed by atoms with Gasteiger partial charge in [-0.25, -0.2) is 4.98 Å². The lowest BCUT2D eigenvalue weighted by Crippen LogP contribution is -2.41. The standard InChI is InChI=1S/C18H23N5O2/c1-12-11-23(6-7-25-12)17-5-2-13(9-19-17)10-20-18(24)16-8-15(21-22-16)14-3-4-14/h2,5,8-9,12,14H,3-4,6-7,10-11H2,1H3,(H,20,24)(H,21,22)/t12-/m1/s1. The smallest absolute Gasteiger partial charge is 0.272 e. The topological polar surface area (TPSA) is 83.1 Å². The predicted molar refractivity (Wildman–Crippen MR) is 93.6 cm³/mol. The van der Waals surface area contributed by atoms with Gasteiger partial charge in [-0.05, 0) is 37.5 Å². The summed E-state index contributed by atoms with van der Waals surface area (Å²) in [6.07, 6.45) is 4.41. The second kappa shape index (κ2) is 6.84. The first-order valence-electron chi connectivity index (χ1n) is 8.84. The van der Waals surface area contributed by atoms with Crippen molar-refractivity contribution in [2.75, 3.05) is 24.6 Å². The molecule has 0 bridgehead atoms. The average molecular weight is 341 g/mol. The molecule has 25 heavy (non-hydrogen) atoms. The van der Waals surface area contributed by atoms with E-state index in [1.807, 2.05) is 24.4 Å². The van der Waals surface area contributed by atoms with E-state index in [2.05, 4.69) is 32.3 Å². The SMILES string of the molecule is C[C@@H]1CN(c2ccc(CNC(=O)c3cc(C4CC4)[nH]n3)cn2)CCO1. The number of carbonyl (C=O) groups excluding carboxylic acids is 1.